The number of benzene rings is 2. The molecule has 0 unspecified atom stereocenters. The first-order chi connectivity index (χ1) is 18.6. The number of fused-ring (bicyclic) bond motifs is 2. The fourth-order valence-electron chi connectivity index (χ4n) is 4.07. The molecule has 0 amide bonds. The van der Waals surface area contributed by atoms with Crippen LogP contribution in [0.4, 0.5) is 0 Å². The molecule has 10 heteroatoms. The van der Waals surface area contributed by atoms with Crippen molar-refractivity contribution >= 4 is 11.6 Å². The molecular weight excluding hydrogens is 512 g/mol. The van der Waals surface area contributed by atoms with Gasteiger partial charge in [0.1, 0.15) is 26.4 Å². The Bertz CT molecular complexity index is 1450. The molecule has 4 aromatic rings. The Kier molecular flexibility index (Phi) is 7.67. The van der Waals surface area contributed by atoms with Gasteiger partial charge in [0, 0.05) is 35.7 Å². The molecule has 0 spiro atoms. The van der Waals surface area contributed by atoms with Crippen molar-refractivity contribution in [3.8, 4) is 34.4 Å². The van der Waals surface area contributed by atoms with Crippen molar-refractivity contribution in [2.75, 3.05) is 26.4 Å². The van der Waals surface area contributed by atoms with E-state index in [1.165, 1.54) is 4.57 Å². The molecule has 0 atom stereocenters. The van der Waals surface area contributed by atoms with Crippen LogP contribution in [0.25, 0.3) is 11.4 Å². The molecule has 196 valence electrons. The molecule has 9 nitrogen and oxygen atoms in total. The highest BCUT2D eigenvalue weighted by Crippen LogP contribution is 2.32. The average Bonchev–Trinajstić information content (AvgIpc) is 2.97. The Morgan fingerprint density at radius 2 is 1.11 bits per heavy atom. The Labute approximate surface area is 223 Å². The first-order valence-electron chi connectivity index (χ1n) is 12.0. The van der Waals surface area contributed by atoms with Gasteiger partial charge in [-0.2, -0.15) is 0 Å². The van der Waals surface area contributed by atoms with Crippen molar-refractivity contribution in [1.29, 1.82) is 0 Å². The second-order valence-corrected chi connectivity index (χ2v) is 8.63. The van der Waals surface area contributed by atoms with Gasteiger partial charge in [0.05, 0.1) is 23.9 Å². The highest BCUT2D eigenvalue weighted by atomic mass is 35.5. The number of aliphatic hydroxyl groups excluding tert-OH is 1. The zero-order chi connectivity index (χ0) is 26.5. The second kappa shape index (κ2) is 11.5. The van der Waals surface area contributed by atoms with E-state index in [0.29, 0.717) is 66.2 Å². The molecule has 6 rings (SSSR count). The summed E-state index contributed by atoms with van der Waals surface area (Å²) in [7, 11) is 0. The summed E-state index contributed by atoms with van der Waals surface area (Å²) < 4.78 is 24.9. The molecule has 2 aromatic heterocycles. The van der Waals surface area contributed by atoms with Crippen molar-refractivity contribution in [3.05, 3.63) is 105 Å². The predicted octanol–water partition coefficient (Wildman–Crippen LogP) is 3.45. The molecule has 0 saturated heterocycles. The quantitative estimate of drug-likeness (QED) is 0.399. The van der Waals surface area contributed by atoms with E-state index in [0.717, 1.165) is 5.69 Å². The minimum absolute atomic E-state index is 0.117. The van der Waals surface area contributed by atoms with Crippen LogP contribution in [-0.2, 0) is 12.5 Å². The van der Waals surface area contributed by atoms with Crippen LogP contribution in [0.3, 0.4) is 0 Å². The number of pyridine rings is 2. The third-order valence-corrected chi connectivity index (χ3v) is 6.26. The van der Waals surface area contributed by atoms with Crippen LogP contribution in [0.1, 0.15) is 11.1 Å². The van der Waals surface area contributed by atoms with Gasteiger partial charge in [0.15, 0.2) is 23.0 Å². The van der Waals surface area contributed by atoms with E-state index in [4.69, 9.17) is 35.7 Å². The van der Waals surface area contributed by atoms with E-state index in [1.54, 1.807) is 65.5 Å². The van der Waals surface area contributed by atoms with Gasteiger partial charge in [-0.1, -0.05) is 6.07 Å². The fraction of sp³-hybridized carbons (Fsp3) is 0.214. The molecule has 2 aliphatic heterocycles. The smallest absolute Gasteiger partial charge is 0.260 e. The van der Waals surface area contributed by atoms with E-state index < -0.39 is 0 Å². The minimum atomic E-state index is -0.274. The van der Waals surface area contributed by atoms with Crippen molar-refractivity contribution < 1.29 is 24.1 Å². The zero-order valence-electron chi connectivity index (χ0n) is 20.3. The van der Waals surface area contributed by atoms with Crippen LogP contribution >= 0.6 is 11.6 Å². The lowest BCUT2D eigenvalue weighted by atomic mass is 10.2. The number of rotatable bonds is 4. The normalized spacial score (nSPS) is 13.3. The Balaban J connectivity index is 0.000000155. The number of hydrogen-bond acceptors (Lipinski definition) is 7. The SMILES string of the molecule is O=c1c(CCl)cccn1-c1ccc2c(c1)OCCO2.O=c1c(CO)cccn1-c1ccc2c(c1)OCCO2. The lowest BCUT2D eigenvalue weighted by Gasteiger charge is -2.19. The summed E-state index contributed by atoms with van der Waals surface area (Å²) in [5.74, 6) is 2.87. The predicted molar refractivity (Wildman–Crippen MR) is 142 cm³/mol. The monoisotopic (exact) mass is 536 g/mol. The maximum absolute atomic E-state index is 12.2. The van der Waals surface area contributed by atoms with E-state index in [1.807, 2.05) is 12.1 Å². The van der Waals surface area contributed by atoms with E-state index in [-0.39, 0.29) is 23.6 Å². The minimum Gasteiger partial charge on any atom is -0.486 e. The summed E-state index contributed by atoms with van der Waals surface area (Å²) in [5, 5.41) is 9.12. The fourth-order valence-corrected chi connectivity index (χ4v) is 4.27. The van der Waals surface area contributed by atoms with Gasteiger partial charge in [-0.3, -0.25) is 18.7 Å². The van der Waals surface area contributed by atoms with Crippen LogP contribution in [0.15, 0.2) is 82.6 Å². The van der Waals surface area contributed by atoms with Gasteiger partial charge in [0.2, 0.25) is 0 Å². The van der Waals surface area contributed by atoms with E-state index in [2.05, 4.69) is 0 Å². The molecule has 2 aromatic carbocycles. The lowest BCUT2D eigenvalue weighted by Crippen LogP contribution is -2.22. The topological polar surface area (TPSA) is 101 Å². The summed E-state index contributed by atoms with van der Waals surface area (Å²) in [6, 6.07) is 17.6. The van der Waals surface area contributed by atoms with Crippen LogP contribution in [0.2, 0.25) is 0 Å². The van der Waals surface area contributed by atoms with E-state index in [9.17, 15) is 9.59 Å². The molecule has 0 radical (unpaired) electrons. The Morgan fingerprint density at radius 3 is 1.58 bits per heavy atom. The van der Waals surface area contributed by atoms with Crippen LogP contribution in [0.5, 0.6) is 23.0 Å². The summed E-state index contributed by atoms with van der Waals surface area (Å²) in [4.78, 5) is 24.3. The summed E-state index contributed by atoms with van der Waals surface area (Å²) in [5.41, 5.74) is 2.00. The second-order valence-electron chi connectivity index (χ2n) is 8.36. The van der Waals surface area contributed by atoms with Gasteiger partial charge in [-0.25, -0.2) is 0 Å². The van der Waals surface area contributed by atoms with Crippen LogP contribution in [0, 0.1) is 0 Å². The third-order valence-electron chi connectivity index (χ3n) is 5.97. The van der Waals surface area contributed by atoms with E-state index >= 15 is 0 Å². The molecule has 0 aliphatic carbocycles. The number of alkyl halides is 1. The van der Waals surface area contributed by atoms with Gasteiger partial charge in [0.25, 0.3) is 11.1 Å². The van der Waals surface area contributed by atoms with Crippen molar-refractivity contribution in [1.82, 2.24) is 9.13 Å². The molecule has 4 heterocycles. The first-order valence-corrected chi connectivity index (χ1v) is 12.5. The molecule has 0 bridgehead atoms. The molecule has 0 saturated carbocycles. The molecule has 38 heavy (non-hydrogen) atoms. The number of nitrogens with zero attached hydrogens (tertiary/aromatic N) is 2. The van der Waals surface area contributed by atoms with Gasteiger partial charge in [-0.15, -0.1) is 11.6 Å². The number of aromatic nitrogens is 2. The van der Waals surface area contributed by atoms with Crippen LogP contribution in [-0.4, -0.2) is 40.7 Å². The Morgan fingerprint density at radius 1 is 0.658 bits per heavy atom. The molecule has 2 aliphatic rings. The maximum Gasteiger partial charge on any atom is 0.260 e. The molecule has 0 fully saturated rings. The maximum atomic E-state index is 12.2. The summed E-state index contributed by atoms with van der Waals surface area (Å²) in [6.45, 7) is 1.83. The number of ether oxygens (including phenoxy) is 4. The number of halogens is 1. The standard InChI is InChI=1S/C14H12ClNO3.C14H13NO4/c15-9-10-2-1-5-16(14(10)17)11-3-4-12-13(8-11)19-7-6-18-12;16-9-10-2-1-5-15(14(10)17)11-3-4-12-13(8-11)19-7-6-18-12/h1-5,8H,6-7,9H2;1-5,8,16H,6-7,9H2. The van der Waals surface area contributed by atoms with Crippen LogP contribution < -0.4 is 30.1 Å². The number of hydrogen-bond donors (Lipinski definition) is 1. The third kappa shape index (κ3) is 5.25. The highest BCUT2D eigenvalue weighted by Gasteiger charge is 2.14. The lowest BCUT2D eigenvalue weighted by molar-refractivity contribution is 0.171. The van der Waals surface area contributed by atoms with Gasteiger partial charge in [-0.05, 0) is 42.5 Å². The summed E-state index contributed by atoms with van der Waals surface area (Å²) >= 11 is 5.75. The van der Waals surface area contributed by atoms with Gasteiger partial charge < -0.3 is 24.1 Å². The van der Waals surface area contributed by atoms with Crippen molar-refractivity contribution in [2.45, 2.75) is 12.5 Å². The van der Waals surface area contributed by atoms with Crippen molar-refractivity contribution in [3.63, 3.8) is 0 Å². The molecule has 1 N–H and O–H groups in total. The zero-order valence-corrected chi connectivity index (χ0v) is 21.1. The molecular formula is C28H25ClN2O7. The Hall–Kier alpha value is -4.21. The highest BCUT2D eigenvalue weighted by molar-refractivity contribution is 6.17. The van der Waals surface area contributed by atoms with Crippen molar-refractivity contribution in [2.24, 2.45) is 0 Å². The van der Waals surface area contributed by atoms with Gasteiger partial charge >= 0.3 is 0 Å². The largest absolute Gasteiger partial charge is 0.486 e. The first kappa shape index (κ1) is 25.4. The number of aliphatic hydroxyl groups is 1. The average molecular weight is 537 g/mol. The summed E-state index contributed by atoms with van der Waals surface area (Å²) in [6.07, 6.45) is 3.37.